The molecule has 15 heteroatoms. The van der Waals surface area contributed by atoms with Crippen molar-refractivity contribution in [2.24, 2.45) is 5.41 Å². The van der Waals surface area contributed by atoms with Gasteiger partial charge < -0.3 is 0 Å². The Kier molecular flexibility index (Phi) is 4.55. The third-order valence-corrected chi connectivity index (χ3v) is 2.37. The van der Waals surface area contributed by atoms with Gasteiger partial charge in [0.1, 0.15) is 0 Å². The highest BCUT2D eigenvalue weighted by atomic mass is 19.4. The highest BCUT2D eigenvalue weighted by Crippen LogP contribution is 2.65. The Hall–Kier alpha value is -1.31. The van der Waals surface area contributed by atoms with Crippen molar-refractivity contribution in [3.05, 3.63) is 0 Å². The van der Waals surface area contributed by atoms with Gasteiger partial charge in [0.2, 0.25) is 0 Å². The van der Waals surface area contributed by atoms with Crippen LogP contribution in [0.25, 0.3) is 0 Å². The number of hydrogen-bond acceptors (Lipinski definition) is 1. The van der Waals surface area contributed by atoms with Gasteiger partial charge in [0.05, 0.1) is 0 Å². The fraction of sp³-hybridized carbons (Fsp3) is 0.857. The second kappa shape index (κ2) is 4.84. The summed E-state index contributed by atoms with van der Waals surface area (Å²) in [5, 5.41) is 0. The lowest BCUT2D eigenvalue weighted by Crippen LogP contribution is -2.72. The molecule has 0 aromatic carbocycles. The summed E-state index contributed by atoms with van der Waals surface area (Å²) in [6.45, 7) is 0. The molecule has 0 aromatic heterocycles. The Morgan fingerprint density at radius 2 is 0.773 bits per heavy atom. The molecule has 0 bridgehead atoms. The van der Waals surface area contributed by atoms with Gasteiger partial charge in [-0.05, 0) is 0 Å². The van der Waals surface area contributed by atoms with E-state index in [0.29, 0.717) is 0 Å². The maximum Gasteiger partial charge on any atom is 0.459 e. The van der Waals surface area contributed by atoms with Gasteiger partial charge in [-0.3, -0.25) is 4.79 Å². The molecule has 0 N–H and O–H groups in total. The fourth-order valence-electron chi connectivity index (χ4n) is 1.28. The van der Waals surface area contributed by atoms with Crippen LogP contribution in [0.5, 0.6) is 0 Å². The summed E-state index contributed by atoms with van der Waals surface area (Å²) in [5.74, 6) is -16.3. The first-order valence-corrected chi connectivity index (χ1v) is 4.35. The molecule has 0 aliphatic rings. The zero-order chi connectivity index (χ0) is 18.6. The zero-order valence-electron chi connectivity index (χ0n) is 9.20. The Morgan fingerprint density at radius 3 is 0.909 bits per heavy atom. The van der Waals surface area contributed by atoms with Crippen LogP contribution in [-0.2, 0) is 4.79 Å². The van der Waals surface area contributed by atoms with Crippen LogP contribution in [0.4, 0.5) is 61.5 Å². The highest BCUT2D eigenvalue weighted by molar-refractivity contribution is 5.79. The number of alkyl halides is 13. The molecular weight excluding hydrogens is 366 g/mol. The molecular formula is C7F14O. The van der Waals surface area contributed by atoms with Crippen molar-refractivity contribution in [2.75, 3.05) is 0 Å². The SMILES string of the molecule is O=C(F)C(C(F)(F)F)(C(F)(F)F)C(F)(F)C(F)(F)C(F)(F)F. The van der Waals surface area contributed by atoms with Crippen molar-refractivity contribution >= 4 is 6.04 Å². The Morgan fingerprint density at radius 1 is 0.500 bits per heavy atom. The fourth-order valence-corrected chi connectivity index (χ4v) is 1.28. The molecule has 0 aliphatic carbocycles. The maximum atomic E-state index is 12.9. The van der Waals surface area contributed by atoms with E-state index in [1.165, 1.54) is 0 Å². The van der Waals surface area contributed by atoms with Gasteiger partial charge in [-0.2, -0.15) is 61.5 Å². The van der Waals surface area contributed by atoms with Gasteiger partial charge in [-0.1, -0.05) is 0 Å². The highest BCUT2D eigenvalue weighted by Gasteiger charge is 2.95. The second-order valence-electron chi connectivity index (χ2n) is 3.67. The third kappa shape index (κ3) is 2.37. The molecule has 0 amide bonds. The lowest BCUT2D eigenvalue weighted by molar-refractivity contribution is -0.446. The van der Waals surface area contributed by atoms with Gasteiger partial charge >= 0.3 is 41.8 Å². The maximum absolute atomic E-state index is 12.9. The summed E-state index contributed by atoms with van der Waals surface area (Å²) in [6, 6.07) is -5.17. The number of rotatable bonds is 3. The molecule has 0 aromatic rings. The summed E-state index contributed by atoms with van der Waals surface area (Å²) in [4.78, 5) is 9.89. The second-order valence-corrected chi connectivity index (χ2v) is 3.67. The van der Waals surface area contributed by atoms with Crippen molar-refractivity contribution in [1.82, 2.24) is 0 Å². The van der Waals surface area contributed by atoms with E-state index in [1.807, 2.05) is 0 Å². The molecule has 0 saturated carbocycles. The van der Waals surface area contributed by atoms with E-state index >= 15 is 0 Å². The summed E-state index contributed by atoms with van der Waals surface area (Å²) < 4.78 is 171. The first-order chi connectivity index (χ1) is 9.19. The van der Waals surface area contributed by atoms with Gasteiger partial charge in [0.15, 0.2) is 0 Å². The number of carbonyl (C=O) groups is 1. The van der Waals surface area contributed by atoms with Crippen molar-refractivity contribution < 1.29 is 66.3 Å². The predicted molar refractivity (Wildman–Crippen MR) is 36.6 cm³/mol. The van der Waals surface area contributed by atoms with Crippen molar-refractivity contribution in [3.8, 4) is 0 Å². The Labute approximate surface area is 109 Å². The molecule has 0 radical (unpaired) electrons. The number of carbonyl (C=O) groups excluding carboxylic acids is 1. The molecule has 0 heterocycles. The van der Waals surface area contributed by atoms with Crippen LogP contribution >= 0.6 is 0 Å². The van der Waals surface area contributed by atoms with Crippen LogP contribution in [0.15, 0.2) is 0 Å². The summed E-state index contributed by atoms with van der Waals surface area (Å²) in [5.41, 5.74) is -7.90. The molecule has 1 nitrogen and oxygen atoms in total. The van der Waals surface area contributed by atoms with Crippen LogP contribution in [0, 0.1) is 5.41 Å². The van der Waals surface area contributed by atoms with Gasteiger partial charge in [0, 0.05) is 0 Å². The van der Waals surface area contributed by atoms with Crippen molar-refractivity contribution in [1.29, 1.82) is 0 Å². The van der Waals surface area contributed by atoms with Crippen molar-refractivity contribution in [2.45, 2.75) is 30.4 Å². The monoisotopic (exact) mass is 366 g/mol. The average molecular weight is 366 g/mol. The zero-order valence-corrected chi connectivity index (χ0v) is 9.20. The van der Waals surface area contributed by atoms with Gasteiger partial charge in [-0.15, -0.1) is 0 Å². The van der Waals surface area contributed by atoms with Crippen LogP contribution in [0.3, 0.4) is 0 Å². The molecule has 0 unspecified atom stereocenters. The smallest absolute Gasteiger partial charge is 0.259 e. The summed E-state index contributed by atoms with van der Waals surface area (Å²) in [7, 11) is 0. The summed E-state index contributed by atoms with van der Waals surface area (Å²) >= 11 is 0. The molecule has 132 valence electrons. The minimum absolute atomic E-state index is 5.17. The van der Waals surface area contributed by atoms with Crippen molar-refractivity contribution in [3.63, 3.8) is 0 Å². The van der Waals surface area contributed by atoms with Crippen LogP contribution < -0.4 is 0 Å². The third-order valence-electron chi connectivity index (χ3n) is 2.37. The molecule has 0 rings (SSSR count). The van der Waals surface area contributed by atoms with E-state index in [-0.39, 0.29) is 0 Å². The first kappa shape index (κ1) is 20.7. The van der Waals surface area contributed by atoms with E-state index in [9.17, 15) is 66.3 Å². The summed E-state index contributed by atoms with van der Waals surface area (Å²) in [6.07, 6.45) is -23.3. The predicted octanol–water partition coefficient (Wildman–Crippen LogP) is 4.43. The molecule has 0 atom stereocenters. The average Bonchev–Trinajstić information content (AvgIpc) is 2.08. The van der Waals surface area contributed by atoms with Crippen LogP contribution in [-0.4, -0.2) is 36.4 Å². The largest absolute Gasteiger partial charge is 0.459 e. The molecule has 0 fully saturated rings. The molecule has 22 heavy (non-hydrogen) atoms. The number of halogens is 14. The molecule has 0 aliphatic heterocycles. The van der Waals surface area contributed by atoms with E-state index in [4.69, 9.17) is 0 Å². The van der Waals surface area contributed by atoms with E-state index in [1.54, 1.807) is 0 Å². The lowest BCUT2D eigenvalue weighted by Gasteiger charge is -2.42. The number of hydrogen-bond donors (Lipinski definition) is 0. The standard InChI is InChI=1S/C7F14O/c8-1(22)2(5(13,14)15,6(16,17)18)3(9,10)4(11,12)7(19,20)21. The van der Waals surface area contributed by atoms with E-state index in [2.05, 4.69) is 0 Å². The lowest BCUT2D eigenvalue weighted by atomic mass is 9.76. The molecule has 0 spiro atoms. The minimum atomic E-state index is -8.25. The van der Waals surface area contributed by atoms with Crippen LogP contribution in [0.2, 0.25) is 0 Å². The Bertz CT molecular complexity index is 422. The van der Waals surface area contributed by atoms with Gasteiger partial charge in [0.25, 0.3) is 0 Å². The normalized spacial score (nSPS) is 15.9. The van der Waals surface area contributed by atoms with E-state index in [0.717, 1.165) is 0 Å². The van der Waals surface area contributed by atoms with E-state index < -0.39 is 41.8 Å². The quantitative estimate of drug-likeness (QED) is 0.534. The van der Waals surface area contributed by atoms with Crippen LogP contribution in [0.1, 0.15) is 0 Å². The first-order valence-electron chi connectivity index (χ1n) is 4.35. The topological polar surface area (TPSA) is 17.1 Å². The molecule has 0 saturated heterocycles. The van der Waals surface area contributed by atoms with Gasteiger partial charge in [-0.25, -0.2) is 0 Å². The minimum Gasteiger partial charge on any atom is -0.259 e. The Balaban J connectivity index is 6.92.